The number of aliphatic imine (C=N–C) groups is 1. The first-order valence-corrected chi connectivity index (χ1v) is 10.5. The van der Waals surface area contributed by atoms with Crippen molar-refractivity contribution in [2.75, 3.05) is 13.2 Å². The van der Waals surface area contributed by atoms with E-state index in [1.165, 1.54) is 32.1 Å². The Morgan fingerprint density at radius 3 is 1.97 bits per heavy atom. The number of para-hydroxylation sites is 2. The van der Waals surface area contributed by atoms with E-state index in [2.05, 4.69) is 4.99 Å². The minimum absolute atomic E-state index is 0.0364. The van der Waals surface area contributed by atoms with Gasteiger partial charge >= 0.3 is 0 Å². The highest BCUT2D eigenvalue weighted by Gasteiger charge is 2.12. The van der Waals surface area contributed by atoms with Gasteiger partial charge in [0.2, 0.25) is 0 Å². The fourth-order valence-corrected chi connectivity index (χ4v) is 3.26. The zero-order chi connectivity index (χ0) is 21.8. The van der Waals surface area contributed by atoms with Crippen molar-refractivity contribution < 1.29 is 19.7 Å². The van der Waals surface area contributed by atoms with Crippen LogP contribution >= 0.6 is 0 Å². The Bertz CT molecular complexity index is 830. The molecule has 0 radical (unpaired) electrons. The Morgan fingerprint density at radius 1 is 0.900 bits per heavy atom. The zero-order valence-electron chi connectivity index (χ0n) is 17.8. The number of benzene rings is 2. The van der Waals surface area contributed by atoms with Crippen LogP contribution in [0.1, 0.15) is 57.1 Å². The lowest BCUT2D eigenvalue weighted by molar-refractivity contribution is 0.318. The van der Waals surface area contributed by atoms with Crippen molar-refractivity contribution in [3.63, 3.8) is 0 Å². The van der Waals surface area contributed by atoms with E-state index in [0.29, 0.717) is 36.3 Å². The molecule has 1 saturated carbocycles. The number of phenols is 2. The standard InChI is InChI=1S/C15H21NO2.C9H11NO2/c1-2-18-14-10-6-7-12(15(14)17)11-16-13-8-4-3-5-9-13;1-2-12-8-5-3-4-7(6-10)9(8)11/h6-7,10-11,13,17H,2-5,8-9H2,1H3;3-6,10-11H,2H2,1H3. The van der Waals surface area contributed by atoms with Gasteiger partial charge in [-0.25, -0.2) is 0 Å². The van der Waals surface area contributed by atoms with E-state index in [9.17, 15) is 10.2 Å². The van der Waals surface area contributed by atoms with Crippen molar-refractivity contribution in [3.05, 3.63) is 47.5 Å². The molecule has 2 aromatic rings. The van der Waals surface area contributed by atoms with E-state index in [-0.39, 0.29) is 11.5 Å². The number of nitrogens with one attached hydrogen (secondary N) is 1. The predicted octanol–water partition coefficient (Wildman–Crippen LogP) is 5.33. The summed E-state index contributed by atoms with van der Waals surface area (Å²) in [4.78, 5) is 4.57. The van der Waals surface area contributed by atoms with Crippen LogP contribution in [0.15, 0.2) is 41.4 Å². The molecule has 2 aromatic carbocycles. The predicted molar refractivity (Wildman–Crippen MR) is 121 cm³/mol. The molecular weight excluding hydrogens is 380 g/mol. The summed E-state index contributed by atoms with van der Waals surface area (Å²) in [6.07, 6.45) is 9.09. The van der Waals surface area contributed by atoms with Gasteiger partial charge in [0.25, 0.3) is 0 Å². The van der Waals surface area contributed by atoms with Gasteiger partial charge in [0.1, 0.15) is 0 Å². The Balaban J connectivity index is 0.000000232. The number of nitrogens with zero attached hydrogens (tertiary/aromatic N) is 1. The molecule has 0 spiro atoms. The second kappa shape index (κ2) is 12.5. The molecule has 0 atom stereocenters. The van der Waals surface area contributed by atoms with Crippen molar-refractivity contribution in [2.24, 2.45) is 4.99 Å². The SMILES string of the molecule is CCOc1cccc(C=N)c1O.CCOc1cccc(C=NC2CCCCC2)c1O. The molecule has 1 aliphatic carbocycles. The average molecular weight is 413 g/mol. The van der Waals surface area contributed by atoms with E-state index in [1.54, 1.807) is 30.5 Å². The van der Waals surface area contributed by atoms with Gasteiger partial charge in [-0.2, -0.15) is 0 Å². The lowest BCUT2D eigenvalue weighted by Crippen LogP contribution is -2.09. The van der Waals surface area contributed by atoms with Crippen LogP contribution in [0.3, 0.4) is 0 Å². The molecule has 0 aromatic heterocycles. The number of phenolic OH excluding ortho intramolecular Hbond substituents is 2. The number of ether oxygens (including phenoxy) is 2. The highest BCUT2D eigenvalue weighted by molar-refractivity contribution is 5.85. The van der Waals surface area contributed by atoms with E-state index < -0.39 is 0 Å². The summed E-state index contributed by atoms with van der Waals surface area (Å²) in [6.45, 7) is 4.81. The van der Waals surface area contributed by atoms with Crippen molar-refractivity contribution in [3.8, 4) is 23.0 Å². The maximum atomic E-state index is 10.0. The van der Waals surface area contributed by atoms with Crippen LogP contribution in [-0.4, -0.2) is 41.9 Å². The van der Waals surface area contributed by atoms with Gasteiger partial charge in [-0.3, -0.25) is 4.99 Å². The fraction of sp³-hybridized carbons (Fsp3) is 0.417. The summed E-state index contributed by atoms with van der Waals surface area (Å²) in [5, 5.41) is 26.4. The second-order valence-corrected chi connectivity index (χ2v) is 6.97. The number of rotatable bonds is 7. The molecule has 162 valence electrons. The van der Waals surface area contributed by atoms with Crippen LogP contribution in [-0.2, 0) is 0 Å². The first kappa shape index (κ1) is 23.3. The third-order valence-electron chi connectivity index (χ3n) is 4.81. The molecule has 0 unspecified atom stereocenters. The van der Waals surface area contributed by atoms with E-state index in [4.69, 9.17) is 14.9 Å². The topological polar surface area (TPSA) is 95.1 Å². The van der Waals surface area contributed by atoms with Crippen molar-refractivity contribution in [1.82, 2.24) is 0 Å². The third-order valence-corrected chi connectivity index (χ3v) is 4.81. The Morgan fingerprint density at radius 2 is 1.43 bits per heavy atom. The Kier molecular flexibility index (Phi) is 9.71. The lowest BCUT2D eigenvalue weighted by Gasteiger charge is -2.17. The molecule has 3 N–H and O–H groups in total. The average Bonchev–Trinajstić information content (AvgIpc) is 2.77. The molecule has 0 saturated heterocycles. The van der Waals surface area contributed by atoms with Crippen molar-refractivity contribution in [1.29, 1.82) is 5.41 Å². The quantitative estimate of drug-likeness (QED) is 0.536. The highest BCUT2D eigenvalue weighted by Crippen LogP contribution is 2.29. The fourth-order valence-electron chi connectivity index (χ4n) is 3.26. The lowest BCUT2D eigenvalue weighted by atomic mass is 9.96. The van der Waals surface area contributed by atoms with E-state index in [1.807, 2.05) is 26.0 Å². The van der Waals surface area contributed by atoms with E-state index >= 15 is 0 Å². The van der Waals surface area contributed by atoms with Gasteiger partial charge in [-0.1, -0.05) is 31.4 Å². The molecule has 1 fully saturated rings. The molecule has 1 aliphatic rings. The molecule has 3 rings (SSSR count). The largest absolute Gasteiger partial charge is 0.504 e. The molecule has 0 heterocycles. The summed E-state index contributed by atoms with van der Waals surface area (Å²) in [6, 6.07) is 11.0. The van der Waals surface area contributed by atoms with Crippen LogP contribution in [0.2, 0.25) is 0 Å². The van der Waals surface area contributed by atoms with E-state index in [0.717, 1.165) is 11.8 Å². The van der Waals surface area contributed by atoms with Crippen LogP contribution in [0.5, 0.6) is 23.0 Å². The maximum Gasteiger partial charge on any atom is 0.166 e. The summed E-state index contributed by atoms with van der Waals surface area (Å²) in [5.41, 5.74) is 1.22. The second-order valence-electron chi connectivity index (χ2n) is 6.97. The summed E-state index contributed by atoms with van der Waals surface area (Å²) >= 11 is 0. The van der Waals surface area contributed by atoms with Gasteiger partial charge in [-0.05, 0) is 51.0 Å². The van der Waals surface area contributed by atoms with Crippen molar-refractivity contribution in [2.45, 2.75) is 52.0 Å². The van der Waals surface area contributed by atoms with Gasteiger partial charge in [-0.15, -0.1) is 0 Å². The van der Waals surface area contributed by atoms with Crippen LogP contribution < -0.4 is 9.47 Å². The summed E-state index contributed by atoms with van der Waals surface area (Å²) in [5.74, 6) is 1.19. The molecule has 0 bridgehead atoms. The summed E-state index contributed by atoms with van der Waals surface area (Å²) in [7, 11) is 0. The molecule has 6 heteroatoms. The monoisotopic (exact) mass is 412 g/mol. The zero-order valence-corrected chi connectivity index (χ0v) is 17.8. The molecule has 6 nitrogen and oxygen atoms in total. The summed E-state index contributed by atoms with van der Waals surface area (Å²) < 4.78 is 10.5. The smallest absolute Gasteiger partial charge is 0.166 e. The molecular formula is C24H32N2O4. The molecule has 0 aliphatic heterocycles. The van der Waals surface area contributed by atoms with Crippen LogP contribution in [0.25, 0.3) is 0 Å². The first-order valence-electron chi connectivity index (χ1n) is 10.5. The minimum Gasteiger partial charge on any atom is -0.504 e. The Labute approximate surface area is 178 Å². The van der Waals surface area contributed by atoms with Gasteiger partial charge in [0.05, 0.1) is 13.2 Å². The third kappa shape index (κ3) is 6.79. The van der Waals surface area contributed by atoms with Crippen LogP contribution in [0.4, 0.5) is 0 Å². The van der Waals surface area contributed by atoms with Crippen LogP contribution in [0, 0.1) is 5.41 Å². The first-order chi connectivity index (χ1) is 14.6. The van der Waals surface area contributed by atoms with Gasteiger partial charge in [0.15, 0.2) is 23.0 Å². The number of hydrogen-bond acceptors (Lipinski definition) is 6. The van der Waals surface area contributed by atoms with Gasteiger partial charge < -0.3 is 25.1 Å². The molecule has 30 heavy (non-hydrogen) atoms. The Hall–Kier alpha value is -3.02. The molecule has 0 amide bonds. The maximum absolute atomic E-state index is 10.0. The number of hydrogen-bond donors (Lipinski definition) is 3. The van der Waals surface area contributed by atoms with Gasteiger partial charge in [0, 0.05) is 29.6 Å². The highest BCUT2D eigenvalue weighted by atomic mass is 16.5. The van der Waals surface area contributed by atoms with Crippen molar-refractivity contribution >= 4 is 12.4 Å². The number of aromatic hydroxyl groups is 2. The normalized spacial score (nSPS) is 14.1. The minimum atomic E-state index is 0.0364.